The zero-order valence-corrected chi connectivity index (χ0v) is 12.5. The van der Waals surface area contributed by atoms with E-state index in [-0.39, 0.29) is 16.5 Å². The third kappa shape index (κ3) is 3.07. The van der Waals surface area contributed by atoms with Crippen LogP contribution in [0, 0.1) is 0 Å². The Bertz CT molecular complexity index is 1210. The van der Waals surface area contributed by atoms with Gasteiger partial charge in [-0.1, -0.05) is 54.5 Å². The number of benzene rings is 3. The fourth-order valence-corrected chi connectivity index (χ4v) is 2.53. The Hall–Kier alpha value is -2.54. The molecule has 0 bridgehead atoms. The summed E-state index contributed by atoms with van der Waals surface area (Å²) >= 11 is 0. The van der Waals surface area contributed by atoms with Gasteiger partial charge in [0.15, 0.2) is 0 Å². The number of halogens is 3. The molecule has 0 unspecified atom stereocenters. The Morgan fingerprint density at radius 2 is 1.71 bits per heavy atom. The van der Waals surface area contributed by atoms with Crippen LogP contribution in [0.25, 0.3) is 21.9 Å². The lowest BCUT2D eigenvalue weighted by atomic mass is 9.98. The van der Waals surface area contributed by atoms with Crippen LogP contribution < -0.4 is 4.18 Å². The Kier molecular flexibility index (Phi) is 2.69. The van der Waals surface area contributed by atoms with Crippen molar-refractivity contribution in [2.75, 3.05) is 0 Å². The van der Waals surface area contributed by atoms with Crippen molar-refractivity contribution in [2.24, 2.45) is 0 Å². The molecule has 0 N–H and O–H groups in total. The molecule has 24 heavy (non-hydrogen) atoms. The normalized spacial score (nSPS) is 15.2. The second-order valence-corrected chi connectivity index (χ2v) is 6.21. The van der Waals surface area contributed by atoms with Crippen molar-refractivity contribution >= 4 is 20.9 Å². The Morgan fingerprint density at radius 3 is 2.38 bits per heavy atom. The third-order valence-corrected chi connectivity index (χ3v) is 4.09. The van der Waals surface area contributed by atoms with Crippen molar-refractivity contribution in [1.82, 2.24) is 0 Å². The lowest BCUT2D eigenvalue weighted by Crippen LogP contribution is -2.28. The molecule has 0 fully saturated rings. The monoisotopic (exact) mass is 357 g/mol. The van der Waals surface area contributed by atoms with Crippen LogP contribution in [0.3, 0.4) is 0 Å². The Balaban J connectivity index is 2.27. The standard InChI is InChI=1S/C17H11F3O3S/c18-17(19,20)24(21,22)23-14-10-9-13-7-4-8-15(16(13)11-14)12-5-2-1-3-6-12/h1-11H/i1D,2D,3D,5D,6D. The van der Waals surface area contributed by atoms with E-state index in [1.807, 2.05) is 0 Å². The first-order valence-electron chi connectivity index (χ1n) is 8.96. The van der Waals surface area contributed by atoms with E-state index in [1.165, 1.54) is 18.2 Å². The molecule has 0 heterocycles. The molecule has 3 aromatic carbocycles. The van der Waals surface area contributed by atoms with Crippen molar-refractivity contribution in [3.05, 3.63) is 66.6 Å². The molecule has 0 atom stereocenters. The highest BCUT2D eigenvalue weighted by Gasteiger charge is 2.48. The van der Waals surface area contributed by atoms with E-state index in [0.717, 1.165) is 12.1 Å². The second-order valence-electron chi connectivity index (χ2n) is 4.67. The van der Waals surface area contributed by atoms with Crippen LogP contribution >= 0.6 is 0 Å². The summed E-state index contributed by atoms with van der Waals surface area (Å²) < 4.78 is 104. The molecule has 124 valence electrons. The zero-order valence-electron chi connectivity index (χ0n) is 16.7. The van der Waals surface area contributed by atoms with Gasteiger partial charge in [0.1, 0.15) is 5.75 Å². The average Bonchev–Trinajstić information content (AvgIpc) is 2.64. The maximum Gasteiger partial charge on any atom is 0.534 e. The van der Waals surface area contributed by atoms with E-state index in [2.05, 4.69) is 4.18 Å². The minimum Gasteiger partial charge on any atom is -0.376 e. The summed E-state index contributed by atoms with van der Waals surface area (Å²) in [6, 6.07) is 5.09. The van der Waals surface area contributed by atoms with E-state index < -0.39 is 51.6 Å². The highest BCUT2D eigenvalue weighted by atomic mass is 32.2. The molecule has 0 aliphatic heterocycles. The Morgan fingerprint density at radius 1 is 1.00 bits per heavy atom. The van der Waals surface area contributed by atoms with E-state index in [9.17, 15) is 21.6 Å². The molecule has 3 aromatic rings. The molecule has 0 saturated heterocycles. The topological polar surface area (TPSA) is 43.4 Å². The molecule has 0 saturated carbocycles. The van der Waals surface area contributed by atoms with Gasteiger partial charge in [-0.2, -0.15) is 21.6 Å². The van der Waals surface area contributed by atoms with E-state index >= 15 is 0 Å². The van der Waals surface area contributed by atoms with E-state index in [1.54, 1.807) is 6.07 Å². The summed E-state index contributed by atoms with van der Waals surface area (Å²) in [6.07, 6.45) is 0. The summed E-state index contributed by atoms with van der Waals surface area (Å²) in [5.41, 5.74) is -5.67. The van der Waals surface area contributed by atoms with Gasteiger partial charge in [0.2, 0.25) is 0 Å². The van der Waals surface area contributed by atoms with Gasteiger partial charge in [0, 0.05) is 0 Å². The van der Waals surface area contributed by atoms with Gasteiger partial charge in [-0.05, 0) is 34.0 Å². The van der Waals surface area contributed by atoms with Crippen LogP contribution in [0.4, 0.5) is 13.2 Å². The van der Waals surface area contributed by atoms with E-state index in [4.69, 9.17) is 6.85 Å². The van der Waals surface area contributed by atoms with Crippen LogP contribution in [-0.4, -0.2) is 13.9 Å². The van der Waals surface area contributed by atoms with Crippen LogP contribution in [0.5, 0.6) is 5.75 Å². The summed E-state index contributed by atoms with van der Waals surface area (Å²) in [4.78, 5) is 0. The minimum atomic E-state index is -5.89. The van der Waals surface area contributed by atoms with Crippen LogP contribution in [0.1, 0.15) is 6.85 Å². The first-order chi connectivity index (χ1) is 13.3. The zero-order chi connectivity index (χ0) is 21.7. The number of fused-ring (bicyclic) bond motifs is 1. The van der Waals surface area contributed by atoms with Crippen molar-refractivity contribution in [1.29, 1.82) is 0 Å². The number of hydrogen-bond acceptors (Lipinski definition) is 3. The third-order valence-electron chi connectivity index (χ3n) is 3.11. The van der Waals surface area contributed by atoms with Crippen molar-refractivity contribution in [2.45, 2.75) is 5.51 Å². The van der Waals surface area contributed by atoms with Crippen LogP contribution in [0.15, 0.2) is 66.6 Å². The SMILES string of the molecule is [2H]c1c([2H])c([2H])c(-c2cccc3ccc(OS(=O)(=O)C(F)(F)F)cc23)c([2H])c1[2H]. The smallest absolute Gasteiger partial charge is 0.376 e. The van der Waals surface area contributed by atoms with Gasteiger partial charge in [0.25, 0.3) is 0 Å². The molecule has 3 nitrogen and oxygen atoms in total. The lowest BCUT2D eigenvalue weighted by Gasteiger charge is -2.11. The molecule has 0 radical (unpaired) electrons. The van der Waals surface area contributed by atoms with Crippen molar-refractivity contribution < 1.29 is 32.6 Å². The van der Waals surface area contributed by atoms with Gasteiger partial charge >= 0.3 is 15.6 Å². The molecule has 0 spiro atoms. The summed E-state index contributed by atoms with van der Waals surface area (Å²) in [5.74, 6) is -0.630. The molecule has 0 aromatic heterocycles. The van der Waals surface area contributed by atoms with Crippen LogP contribution in [-0.2, 0) is 10.1 Å². The predicted octanol–water partition coefficient (Wildman–Crippen LogP) is 4.74. The molecule has 3 rings (SSSR count). The first-order valence-corrected chi connectivity index (χ1v) is 7.87. The quantitative estimate of drug-likeness (QED) is 0.502. The lowest BCUT2D eigenvalue weighted by molar-refractivity contribution is -0.0500. The second kappa shape index (κ2) is 5.83. The minimum absolute atomic E-state index is 0.120. The maximum absolute atomic E-state index is 12.6. The van der Waals surface area contributed by atoms with Gasteiger partial charge in [-0.15, -0.1) is 0 Å². The number of alkyl halides is 3. The van der Waals surface area contributed by atoms with Gasteiger partial charge < -0.3 is 4.18 Å². The molecule has 0 aliphatic rings. The average molecular weight is 357 g/mol. The molecular formula is C17H11F3O3S. The fourth-order valence-electron chi connectivity index (χ4n) is 2.08. The van der Waals surface area contributed by atoms with Gasteiger partial charge in [-0.25, -0.2) is 0 Å². The molecular weight excluding hydrogens is 341 g/mol. The molecule has 7 heteroatoms. The highest BCUT2D eigenvalue weighted by molar-refractivity contribution is 7.88. The summed E-state index contributed by atoms with van der Waals surface area (Å²) in [7, 11) is -5.89. The number of rotatable bonds is 3. The Labute approximate surface area is 143 Å². The summed E-state index contributed by atoms with van der Waals surface area (Å²) in [6.45, 7) is 0. The first kappa shape index (κ1) is 11.1. The van der Waals surface area contributed by atoms with E-state index in [0.29, 0.717) is 5.39 Å². The van der Waals surface area contributed by atoms with Crippen LogP contribution in [0.2, 0.25) is 0 Å². The van der Waals surface area contributed by atoms with Gasteiger partial charge in [0.05, 0.1) is 6.85 Å². The van der Waals surface area contributed by atoms with Gasteiger partial charge in [-0.3, -0.25) is 0 Å². The predicted molar refractivity (Wildman–Crippen MR) is 85.0 cm³/mol. The maximum atomic E-state index is 12.6. The van der Waals surface area contributed by atoms with Crippen molar-refractivity contribution in [3.8, 4) is 16.9 Å². The van der Waals surface area contributed by atoms with Crippen molar-refractivity contribution in [3.63, 3.8) is 0 Å². The molecule has 0 aliphatic carbocycles. The number of hydrogen-bond donors (Lipinski definition) is 0. The fraction of sp³-hybridized carbons (Fsp3) is 0.0588. The molecule has 0 amide bonds. The largest absolute Gasteiger partial charge is 0.534 e. The summed E-state index contributed by atoms with van der Waals surface area (Å²) in [5, 5.41) is 0.590. The highest BCUT2D eigenvalue weighted by Crippen LogP contribution is 2.33.